The minimum absolute atomic E-state index is 0.0943. The van der Waals surface area contributed by atoms with Gasteiger partial charge in [-0.25, -0.2) is 18.6 Å². The SMILES string of the molecule is CCOC(=O)C1=C(C)N=c2s/c(=C\c3ccccc3F)c(=O)n2C1c1ccccc1F. The van der Waals surface area contributed by atoms with Gasteiger partial charge in [-0.2, -0.15) is 0 Å². The van der Waals surface area contributed by atoms with Crippen molar-refractivity contribution < 1.29 is 18.3 Å². The zero-order chi connectivity index (χ0) is 22.1. The van der Waals surface area contributed by atoms with Crippen LogP contribution in [0.2, 0.25) is 0 Å². The standard InChI is InChI=1S/C23H18F2N2O3S/c1-3-30-22(29)19-13(2)26-23-27(20(19)15-9-5-7-11-17(15)25)21(28)18(31-23)12-14-8-4-6-10-16(14)24/h4-12,20H,3H2,1-2H3/b18-12-. The summed E-state index contributed by atoms with van der Waals surface area (Å²) < 4.78 is 35.6. The first-order chi connectivity index (χ1) is 14.9. The number of esters is 1. The molecule has 1 aliphatic rings. The van der Waals surface area contributed by atoms with Crippen LogP contribution in [0.4, 0.5) is 8.78 Å². The average Bonchev–Trinajstić information content (AvgIpc) is 3.04. The quantitative estimate of drug-likeness (QED) is 0.586. The maximum Gasteiger partial charge on any atom is 0.338 e. The van der Waals surface area contributed by atoms with Gasteiger partial charge in [0.2, 0.25) is 0 Å². The van der Waals surface area contributed by atoms with Crippen molar-refractivity contribution in [3.05, 3.63) is 102 Å². The summed E-state index contributed by atoms with van der Waals surface area (Å²) in [6, 6.07) is 11.0. The van der Waals surface area contributed by atoms with Crippen LogP contribution < -0.4 is 14.9 Å². The maximum atomic E-state index is 14.8. The number of nitrogens with zero attached hydrogens (tertiary/aromatic N) is 2. The molecule has 8 heteroatoms. The Labute approximate surface area is 180 Å². The summed E-state index contributed by atoms with van der Waals surface area (Å²) >= 11 is 1.05. The topological polar surface area (TPSA) is 60.7 Å². The molecule has 5 nitrogen and oxygen atoms in total. The lowest BCUT2D eigenvalue weighted by atomic mass is 9.95. The Morgan fingerprint density at radius 2 is 1.84 bits per heavy atom. The van der Waals surface area contributed by atoms with Crippen molar-refractivity contribution in [2.24, 2.45) is 4.99 Å². The van der Waals surface area contributed by atoms with Gasteiger partial charge in [0.25, 0.3) is 5.56 Å². The molecular weight excluding hydrogens is 422 g/mol. The van der Waals surface area contributed by atoms with Gasteiger partial charge < -0.3 is 4.74 Å². The number of hydrogen-bond donors (Lipinski definition) is 0. The van der Waals surface area contributed by atoms with Gasteiger partial charge in [0.15, 0.2) is 4.80 Å². The molecule has 158 valence electrons. The summed E-state index contributed by atoms with van der Waals surface area (Å²) in [6.07, 6.45) is 1.43. The highest BCUT2D eigenvalue weighted by molar-refractivity contribution is 7.07. The summed E-state index contributed by atoms with van der Waals surface area (Å²) in [5.41, 5.74) is 0.340. The van der Waals surface area contributed by atoms with Gasteiger partial charge >= 0.3 is 5.97 Å². The second-order valence-corrected chi connectivity index (χ2v) is 7.85. The Morgan fingerprint density at radius 3 is 2.52 bits per heavy atom. The summed E-state index contributed by atoms with van der Waals surface area (Å²) in [5.74, 6) is -1.70. The lowest BCUT2D eigenvalue weighted by molar-refractivity contribution is -0.139. The second-order valence-electron chi connectivity index (χ2n) is 6.85. The van der Waals surface area contributed by atoms with Crippen molar-refractivity contribution in [3.8, 4) is 0 Å². The molecule has 1 aromatic heterocycles. The van der Waals surface area contributed by atoms with E-state index in [-0.39, 0.29) is 27.8 Å². The molecule has 0 spiro atoms. The van der Waals surface area contributed by atoms with Crippen molar-refractivity contribution >= 4 is 23.4 Å². The predicted molar refractivity (Wildman–Crippen MR) is 113 cm³/mol. The fourth-order valence-electron chi connectivity index (χ4n) is 3.52. The normalized spacial score (nSPS) is 16.1. The van der Waals surface area contributed by atoms with E-state index in [4.69, 9.17) is 4.74 Å². The van der Waals surface area contributed by atoms with Crippen molar-refractivity contribution in [2.75, 3.05) is 6.61 Å². The summed E-state index contributed by atoms with van der Waals surface area (Å²) in [4.78, 5) is 30.8. The molecule has 1 aliphatic heterocycles. The number of fused-ring (bicyclic) bond motifs is 1. The molecule has 1 atom stereocenters. The van der Waals surface area contributed by atoms with E-state index in [1.165, 1.54) is 34.9 Å². The molecule has 31 heavy (non-hydrogen) atoms. The van der Waals surface area contributed by atoms with E-state index in [9.17, 15) is 18.4 Å². The van der Waals surface area contributed by atoms with Crippen LogP contribution >= 0.6 is 11.3 Å². The van der Waals surface area contributed by atoms with Crippen molar-refractivity contribution in [2.45, 2.75) is 19.9 Å². The highest BCUT2D eigenvalue weighted by Gasteiger charge is 2.34. The number of allylic oxidation sites excluding steroid dienone is 1. The molecule has 0 fully saturated rings. The third kappa shape index (κ3) is 3.74. The molecule has 2 aromatic carbocycles. The molecule has 0 N–H and O–H groups in total. The molecule has 2 heterocycles. The van der Waals surface area contributed by atoms with Crippen molar-refractivity contribution in [1.29, 1.82) is 0 Å². The van der Waals surface area contributed by atoms with Crippen LogP contribution in [0.3, 0.4) is 0 Å². The fourth-order valence-corrected chi connectivity index (χ4v) is 4.55. The average molecular weight is 440 g/mol. The Bertz CT molecular complexity index is 1390. The Morgan fingerprint density at radius 1 is 1.16 bits per heavy atom. The molecule has 3 aromatic rings. The molecule has 4 rings (SSSR count). The Kier molecular flexibility index (Phi) is 5.65. The number of aromatic nitrogens is 1. The summed E-state index contributed by atoms with van der Waals surface area (Å²) in [6.45, 7) is 3.40. The van der Waals surface area contributed by atoms with E-state index in [0.717, 1.165) is 11.3 Å². The Hall–Kier alpha value is -3.39. The first kappa shape index (κ1) is 20.9. The van der Waals surface area contributed by atoms with E-state index in [1.807, 2.05) is 0 Å². The molecule has 0 saturated carbocycles. The van der Waals surface area contributed by atoms with Gasteiger partial charge in [0, 0.05) is 11.1 Å². The largest absolute Gasteiger partial charge is 0.463 e. The first-order valence-corrected chi connectivity index (χ1v) is 10.4. The van der Waals surface area contributed by atoms with E-state index < -0.39 is 29.2 Å². The fraction of sp³-hybridized carbons (Fsp3) is 0.174. The maximum absolute atomic E-state index is 14.8. The van der Waals surface area contributed by atoms with Crippen LogP contribution in [0, 0.1) is 11.6 Å². The Balaban J connectivity index is 2.00. The van der Waals surface area contributed by atoms with Gasteiger partial charge in [-0.1, -0.05) is 47.7 Å². The van der Waals surface area contributed by atoms with Gasteiger partial charge in [0.05, 0.1) is 22.4 Å². The van der Waals surface area contributed by atoms with Crippen LogP contribution in [-0.2, 0) is 9.53 Å². The van der Waals surface area contributed by atoms with Crippen LogP contribution in [0.15, 0.2) is 69.6 Å². The molecule has 0 bridgehead atoms. The van der Waals surface area contributed by atoms with Crippen molar-refractivity contribution in [1.82, 2.24) is 4.57 Å². The lowest BCUT2D eigenvalue weighted by Gasteiger charge is -2.24. The number of thiazole rings is 1. The lowest BCUT2D eigenvalue weighted by Crippen LogP contribution is -2.40. The number of carbonyl (C=O) groups excluding carboxylic acids is 1. The van der Waals surface area contributed by atoms with E-state index in [0.29, 0.717) is 10.5 Å². The van der Waals surface area contributed by atoms with Gasteiger partial charge in [0.1, 0.15) is 17.7 Å². The van der Waals surface area contributed by atoms with Crippen molar-refractivity contribution in [3.63, 3.8) is 0 Å². The smallest absolute Gasteiger partial charge is 0.338 e. The number of rotatable bonds is 4. The van der Waals surface area contributed by atoms with E-state index >= 15 is 0 Å². The minimum Gasteiger partial charge on any atom is -0.463 e. The molecule has 0 amide bonds. The monoisotopic (exact) mass is 440 g/mol. The number of carbonyl (C=O) groups is 1. The number of benzene rings is 2. The summed E-state index contributed by atoms with van der Waals surface area (Å²) in [7, 11) is 0. The first-order valence-electron chi connectivity index (χ1n) is 9.61. The van der Waals surface area contributed by atoms with Gasteiger partial charge in [-0.3, -0.25) is 9.36 Å². The molecule has 0 aliphatic carbocycles. The zero-order valence-electron chi connectivity index (χ0n) is 16.8. The predicted octanol–water partition coefficient (Wildman–Crippen LogP) is 3.08. The van der Waals surface area contributed by atoms with E-state index in [2.05, 4.69) is 4.99 Å². The molecule has 0 radical (unpaired) electrons. The highest BCUT2D eigenvalue weighted by Crippen LogP contribution is 2.32. The number of ether oxygens (including phenoxy) is 1. The second kappa shape index (κ2) is 8.39. The third-order valence-electron chi connectivity index (χ3n) is 4.91. The van der Waals surface area contributed by atoms with Gasteiger partial charge in [-0.15, -0.1) is 0 Å². The number of halogens is 2. The van der Waals surface area contributed by atoms with E-state index in [1.54, 1.807) is 38.1 Å². The minimum atomic E-state index is -1.04. The van der Waals surface area contributed by atoms with Crippen LogP contribution in [0.1, 0.15) is 31.0 Å². The van der Waals surface area contributed by atoms with Gasteiger partial charge in [-0.05, 0) is 32.1 Å². The highest BCUT2D eigenvalue weighted by atomic mass is 32.1. The molecule has 1 unspecified atom stereocenters. The van der Waals surface area contributed by atoms with Crippen LogP contribution in [-0.4, -0.2) is 17.1 Å². The van der Waals surface area contributed by atoms with Crippen LogP contribution in [0.5, 0.6) is 0 Å². The number of hydrogen-bond acceptors (Lipinski definition) is 5. The molecular formula is C23H18F2N2O3S. The molecule has 0 saturated heterocycles. The third-order valence-corrected chi connectivity index (χ3v) is 5.89. The summed E-state index contributed by atoms with van der Waals surface area (Å²) in [5, 5.41) is 0. The zero-order valence-corrected chi connectivity index (χ0v) is 17.6. The van der Waals surface area contributed by atoms with Crippen LogP contribution in [0.25, 0.3) is 6.08 Å².